The summed E-state index contributed by atoms with van der Waals surface area (Å²) in [5.74, 6) is 3.86. The number of thiocarbonyl (C=S) groups is 1. The second-order valence-corrected chi connectivity index (χ2v) is 5.63. The van der Waals surface area contributed by atoms with Crippen LogP contribution in [-0.2, 0) is 6.54 Å². The summed E-state index contributed by atoms with van der Waals surface area (Å²) in [7, 11) is 0. The van der Waals surface area contributed by atoms with Gasteiger partial charge in [0.1, 0.15) is 18.1 Å². The van der Waals surface area contributed by atoms with Gasteiger partial charge in [0.2, 0.25) is 0 Å². The summed E-state index contributed by atoms with van der Waals surface area (Å²) in [5.41, 5.74) is 3.51. The van der Waals surface area contributed by atoms with Crippen LogP contribution in [0.1, 0.15) is 11.3 Å². The Hall–Kier alpha value is -2.30. The summed E-state index contributed by atoms with van der Waals surface area (Å²) in [4.78, 5) is 0. The minimum absolute atomic E-state index is 0.193. The topological polar surface area (TPSA) is 58.8 Å². The maximum atomic E-state index is 5.46. The van der Waals surface area contributed by atoms with Gasteiger partial charge in [-0.05, 0) is 42.5 Å². The fraction of sp³-hybridized carbons (Fsp3) is 0.125. The molecule has 0 radical (unpaired) electrons. The Bertz CT molecular complexity index is 723. The van der Waals surface area contributed by atoms with Crippen molar-refractivity contribution in [3.63, 3.8) is 0 Å². The molecule has 0 spiro atoms. The zero-order chi connectivity index (χ0) is 16.5. The van der Waals surface area contributed by atoms with E-state index in [1.807, 2.05) is 30.3 Å². The first-order chi connectivity index (χ1) is 11.2. The molecule has 1 aromatic heterocycles. The van der Waals surface area contributed by atoms with Crippen molar-refractivity contribution < 1.29 is 9.15 Å². The Balaban J connectivity index is 1.90. The number of halogens is 1. The summed E-state index contributed by atoms with van der Waals surface area (Å²) >= 11 is 8.53. The molecule has 2 rings (SSSR count). The number of nitrogens with zero attached hydrogens (tertiary/aromatic N) is 1. The lowest BCUT2D eigenvalue weighted by molar-refractivity contribution is 0.370. The van der Waals surface area contributed by atoms with Gasteiger partial charge in [-0.1, -0.05) is 21.9 Å². The lowest BCUT2D eigenvalue weighted by Gasteiger charge is -2.07. The maximum absolute atomic E-state index is 5.46. The Morgan fingerprint density at radius 1 is 1.48 bits per heavy atom. The molecule has 0 saturated carbocycles. The molecule has 0 fully saturated rings. The van der Waals surface area contributed by atoms with Crippen molar-refractivity contribution in [2.24, 2.45) is 5.10 Å². The molecule has 1 aromatic carbocycles. The third-order valence-corrected chi connectivity index (χ3v) is 3.38. The number of hydrogen-bond acceptors (Lipinski definition) is 4. The zero-order valence-corrected chi connectivity index (χ0v) is 14.5. The third kappa shape index (κ3) is 5.77. The number of hydrazone groups is 1. The van der Waals surface area contributed by atoms with E-state index in [4.69, 9.17) is 27.8 Å². The summed E-state index contributed by atoms with van der Waals surface area (Å²) in [6.07, 6.45) is 8.42. The normalized spacial score (nSPS) is 10.3. The summed E-state index contributed by atoms with van der Waals surface area (Å²) in [6, 6.07) is 9.23. The van der Waals surface area contributed by atoms with Crippen LogP contribution in [0.15, 0.2) is 50.6 Å². The first kappa shape index (κ1) is 17.1. The highest BCUT2D eigenvalue weighted by Gasteiger charge is 2.02. The second-order valence-electron chi connectivity index (χ2n) is 4.31. The highest BCUT2D eigenvalue weighted by Crippen LogP contribution is 2.21. The van der Waals surface area contributed by atoms with Gasteiger partial charge < -0.3 is 14.5 Å². The minimum atomic E-state index is 0.193. The van der Waals surface area contributed by atoms with Gasteiger partial charge in [0.05, 0.1) is 19.0 Å². The van der Waals surface area contributed by atoms with Crippen LogP contribution in [0.3, 0.4) is 0 Å². The van der Waals surface area contributed by atoms with Gasteiger partial charge in [-0.25, -0.2) is 0 Å². The molecular weight excluding hydrogens is 378 g/mol. The number of benzene rings is 1. The van der Waals surface area contributed by atoms with E-state index in [0.717, 1.165) is 15.8 Å². The van der Waals surface area contributed by atoms with E-state index < -0.39 is 0 Å². The number of nitrogens with one attached hydrogen (secondary N) is 2. The fourth-order valence-electron chi connectivity index (χ4n) is 1.65. The van der Waals surface area contributed by atoms with Gasteiger partial charge in [0.25, 0.3) is 0 Å². The highest BCUT2D eigenvalue weighted by atomic mass is 79.9. The standard InChI is InChI=1S/C16H14BrN3O2S/c1-2-7-22-15-6-5-13(17)9-12(15)10-19-20-16(23)18-11-14-4-3-8-21-14/h1,3-6,8-10H,7,11H2,(H2,18,20,23)/b19-10+. The highest BCUT2D eigenvalue weighted by molar-refractivity contribution is 9.10. The van der Waals surface area contributed by atoms with Crippen molar-refractivity contribution in [3.05, 3.63) is 52.4 Å². The van der Waals surface area contributed by atoms with Crippen LogP contribution in [0.4, 0.5) is 0 Å². The molecule has 1 heterocycles. The molecule has 0 aliphatic rings. The van der Waals surface area contributed by atoms with Crippen LogP contribution in [0.2, 0.25) is 0 Å². The van der Waals surface area contributed by atoms with Gasteiger partial charge in [0, 0.05) is 10.0 Å². The van der Waals surface area contributed by atoms with Crippen molar-refractivity contribution in [2.45, 2.75) is 6.54 Å². The van der Waals surface area contributed by atoms with Crippen LogP contribution < -0.4 is 15.5 Å². The van der Waals surface area contributed by atoms with Gasteiger partial charge >= 0.3 is 0 Å². The Labute approximate surface area is 148 Å². The molecule has 0 saturated heterocycles. The Morgan fingerprint density at radius 3 is 3.09 bits per heavy atom. The van der Waals surface area contributed by atoms with Gasteiger partial charge in [-0.15, -0.1) is 6.42 Å². The molecular formula is C16H14BrN3O2S. The number of rotatable bonds is 6. The van der Waals surface area contributed by atoms with E-state index >= 15 is 0 Å². The SMILES string of the molecule is C#CCOc1ccc(Br)cc1/C=N/NC(=S)NCc1ccco1. The molecule has 0 unspecified atom stereocenters. The first-order valence-corrected chi connectivity index (χ1v) is 7.84. The van der Waals surface area contributed by atoms with E-state index in [1.54, 1.807) is 12.5 Å². The van der Waals surface area contributed by atoms with Crippen LogP contribution in [0.5, 0.6) is 5.75 Å². The molecule has 0 aliphatic carbocycles. The number of terminal acetylenes is 1. The van der Waals surface area contributed by atoms with E-state index in [9.17, 15) is 0 Å². The maximum Gasteiger partial charge on any atom is 0.187 e. The van der Waals surface area contributed by atoms with Gasteiger partial charge in [0.15, 0.2) is 5.11 Å². The number of ether oxygens (including phenoxy) is 1. The van der Waals surface area contributed by atoms with E-state index in [2.05, 4.69) is 37.7 Å². The second kappa shape index (κ2) is 8.98. The molecule has 7 heteroatoms. The smallest absolute Gasteiger partial charge is 0.187 e. The average molecular weight is 392 g/mol. The quantitative estimate of drug-likeness (QED) is 0.343. The molecule has 0 amide bonds. The molecule has 2 aromatic rings. The van der Waals surface area contributed by atoms with Crippen LogP contribution in [-0.4, -0.2) is 17.9 Å². The first-order valence-electron chi connectivity index (χ1n) is 6.64. The minimum Gasteiger partial charge on any atom is -0.480 e. The van der Waals surface area contributed by atoms with Crippen molar-refractivity contribution >= 4 is 39.5 Å². The van der Waals surface area contributed by atoms with Crippen LogP contribution in [0, 0.1) is 12.3 Å². The zero-order valence-electron chi connectivity index (χ0n) is 12.1. The fourth-order valence-corrected chi connectivity index (χ4v) is 2.16. The molecule has 2 N–H and O–H groups in total. The van der Waals surface area contributed by atoms with Gasteiger partial charge in [-0.2, -0.15) is 5.10 Å². The Kier molecular flexibility index (Phi) is 6.66. The van der Waals surface area contributed by atoms with Crippen LogP contribution in [0.25, 0.3) is 0 Å². The molecule has 118 valence electrons. The largest absolute Gasteiger partial charge is 0.480 e. The predicted molar refractivity (Wildman–Crippen MR) is 97.3 cm³/mol. The van der Waals surface area contributed by atoms with Crippen molar-refractivity contribution in [1.82, 2.24) is 10.7 Å². The summed E-state index contributed by atoms with van der Waals surface area (Å²) in [5, 5.41) is 7.45. The Morgan fingerprint density at radius 2 is 2.35 bits per heavy atom. The molecule has 0 aliphatic heterocycles. The molecule has 5 nitrogen and oxygen atoms in total. The van der Waals surface area contributed by atoms with Crippen molar-refractivity contribution in [3.8, 4) is 18.1 Å². The number of hydrogen-bond donors (Lipinski definition) is 2. The lowest BCUT2D eigenvalue weighted by Crippen LogP contribution is -2.31. The van der Waals surface area contributed by atoms with E-state index in [1.165, 1.54) is 0 Å². The van der Waals surface area contributed by atoms with Crippen LogP contribution >= 0.6 is 28.1 Å². The van der Waals surface area contributed by atoms with Gasteiger partial charge in [-0.3, -0.25) is 5.43 Å². The average Bonchev–Trinajstić information content (AvgIpc) is 3.05. The molecule has 0 atom stereocenters. The third-order valence-electron chi connectivity index (χ3n) is 2.66. The summed E-state index contributed by atoms with van der Waals surface area (Å²) in [6.45, 7) is 0.681. The van der Waals surface area contributed by atoms with E-state index in [0.29, 0.717) is 17.4 Å². The van der Waals surface area contributed by atoms with Crippen molar-refractivity contribution in [1.29, 1.82) is 0 Å². The monoisotopic (exact) mass is 391 g/mol. The molecule has 0 bridgehead atoms. The van der Waals surface area contributed by atoms with E-state index in [-0.39, 0.29) is 6.61 Å². The number of furan rings is 1. The molecule has 23 heavy (non-hydrogen) atoms. The lowest BCUT2D eigenvalue weighted by atomic mass is 10.2. The summed E-state index contributed by atoms with van der Waals surface area (Å²) < 4.78 is 11.6. The van der Waals surface area contributed by atoms with Crippen molar-refractivity contribution in [2.75, 3.05) is 6.61 Å². The predicted octanol–water partition coefficient (Wildman–Crippen LogP) is 3.05.